The van der Waals surface area contributed by atoms with E-state index in [1.54, 1.807) is 6.92 Å². The lowest BCUT2D eigenvalue weighted by Crippen LogP contribution is -2.49. The first-order valence-corrected chi connectivity index (χ1v) is 10.1. The Morgan fingerprint density at radius 2 is 2.08 bits per heavy atom. The van der Waals surface area contributed by atoms with Gasteiger partial charge in [-0.1, -0.05) is 19.9 Å². The maximum atomic E-state index is 12.7. The zero-order chi connectivity index (χ0) is 18.7. The van der Waals surface area contributed by atoms with Crippen LogP contribution in [-0.2, 0) is 9.53 Å². The van der Waals surface area contributed by atoms with Crippen molar-refractivity contribution in [2.75, 3.05) is 26.2 Å². The predicted octanol–water partition coefficient (Wildman–Crippen LogP) is 2.90. The molecule has 0 aliphatic carbocycles. The molecule has 3 heterocycles. The molecule has 3 atom stereocenters. The molecule has 3 rings (SSSR count). The summed E-state index contributed by atoms with van der Waals surface area (Å²) in [6.07, 6.45) is 1.21. The Bertz CT molecular complexity index is 676. The van der Waals surface area contributed by atoms with Gasteiger partial charge < -0.3 is 15.4 Å². The van der Waals surface area contributed by atoms with E-state index in [0.717, 1.165) is 18.0 Å². The third kappa shape index (κ3) is 4.27. The van der Waals surface area contributed by atoms with E-state index in [0.29, 0.717) is 36.3 Å². The van der Waals surface area contributed by atoms with Crippen LogP contribution < -0.4 is 10.6 Å². The number of nitrogens with zero attached hydrogens (tertiary/aromatic N) is 1. The Hall–Kier alpha value is -1.86. The second-order valence-electron chi connectivity index (χ2n) is 7.30. The van der Waals surface area contributed by atoms with Crippen LogP contribution >= 0.6 is 11.3 Å². The molecule has 2 amide bonds. The summed E-state index contributed by atoms with van der Waals surface area (Å²) in [5.41, 5.74) is 1.17. The monoisotopic (exact) mass is 377 g/mol. The highest BCUT2D eigenvalue weighted by Gasteiger charge is 2.35. The lowest BCUT2D eigenvalue weighted by atomic mass is 9.91. The topological polar surface area (TPSA) is 70.7 Å². The highest BCUT2D eigenvalue weighted by Crippen LogP contribution is 2.31. The van der Waals surface area contributed by atoms with Gasteiger partial charge in [-0.2, -0.15) is 0 Å². The summed E-state index contributed by atoms with van der Waals surface area (Å²) >= 11 is 1.52. The first-order chi connectivity index (χ1) is 12.5. The summed E-state index contributed by atoms with van der Waals surface area (Å²) < 4.78 is 5.30. The Morgan fingerprint density at radius 1 is 1.35 bits per heavy atom. The maximum absolute atomic E-state index is 12.7. The first-order valence-electron chi connectivity index (χ1n) is 9.21. The van der Waals surface area contributed by atoms with Gasteiger partial charge in [0.2, 0.25) is 0 Å². The fraction of sp³-hybridized carbons (Fsp3) is 0.579. The van der Waals surface area contributed by atoms with Gasteiger partial charge in [-0.05, 0) is 36.6 Å². The Balaban J connectivity index is 1.93. The maximum Gasteiger partial charge on any atom is 0.338 e. The Labute approximate surface area is 158 Å². The fourth-order valence-corrected chi connectivity index (χ4v) is 4.79. The number of ether oxygens (including phenoxy) is 1. The SMILES string of the molecule is CCOC(=O)C1=C(CN2C[C@H](C)C[C@@H](C)C2)NC(=O)N[C@@H]1c1cccs1. The lowest BCUT2D eigenvalue weighted by molar-refractivity contribution is -0.139. The van der Waals surface area contributed by atoms with E-state index in [1.165, 1.54) is 17.8 Å². The van der Waals surface area contributed by atoms with Gasteiger partial charge in [0, 0.05) is 30.2 Å². The lowest BCUT2D eigenvalue weighted by Gasteiger charge is -2.37. The van der Waals surface area contributed by atoms with Crippen molar-refractivity contribution in [1.29, 1.82) is 0 Å². The number of carbonyl (C=O) groups is 2. The minimum Gasteiger partial charge on any atom is -0.463 e. The molecular formula is C19H27N3O3S. The van der Waals surface area contributed by atoms with E-state index in [2.05, 4.69) is 29.4 Å². The Kier molecular flexibility index (Phi) is 5.98. The predicted molar refractivity (Wildman–Crippen MR) is 102 cm³/mol. The molecule has 0 unspecified atom stereocenters. The number of amides is 2. The van der Waals surface area contributed by atoms with E-state index in [1.807, 2.05) is 17.5 Å². The average molecular weight is 378 g/mol. The number of esters is 1. The van der Waals surface area contributed by atoms with Crippen LogP contribution in [0.4, 0.5) is 4.79 Å². The molecule has 0 spiro atoms. The smallest absolute Gasteiger partial charge is 0.338 e. The van der Waals surface area contributed by atoms with Crippen molar-refractivity contribution < 1.29 is 14.3 Å². The summed E-state index contributed by atoms with van der Waals surface area (Å²) in [7, 11) is 0. The zero-order valence-corrected chi connectivity index (χ0v) is 16.4. The average Bonchev–Trinajstić information content (AvgIpc) is 3.07. The summed E-state index contributed by atoms with van der Waals surface area (Å²) in [6.45, 7) is 9.09. The van der Waals surface area contributed by atoms with E-state index < -0.39 is 6.04 Å². The van der Waals surface area contributed by atoms with Crippen LogP contribution in [0, 0.1) is 11.8 Å². The van der Waals surface area contributed by atoms with Crippen molar-refractivity contribution >= 4 is 23.3 Å². The van der Waals surface area contributed by atoms with Gasteiger partial charge in [0.05, 0.1) is 18.2 Å². The minimum atomic E-state index is -0.461. The minimum absolute atomic E-state index is 0.274. The third-order valence-electron chi connectivity index (χ3n) is 4.80. The summed E-state index contributed by atoms with van der Waals surface area (Å²) in [5.74, 6) is 0.846. The van der Waals surface area contributed by atoms with E-state index in [-0.39, 0.29) is 12.0 Å². The highest BCUT2D eigenvalue weighted by molar-refractivity contribution is 7.10. The van der Waals surface area contributed by atoms with Gasteiger partial charge in [-0.15, -0.1) is 11.3 Å². The van der Waals surface area contributed by atoms with Gasteiger partial charge in [-0.25, -0.2) is 9.59 Å². The molecule has 2 N–H and O–H groups in total. The molecule has 1 aromatic heterocycles. The summed E-state index contributed by atoms with van der Waals surface area (Å²) in [6, 6.07) is 3.12. The largest absolute Gasteiger partial charge is 0.463 e. The van der Waals surface area contributed by atoms with Gasteiger partial charge >= 0.3 is 12.0 Å². The van der Waals surface area contributed by atoms with Crippen molar-refractivity contribution in [3.8, 4) is 0 Å². The van der Waals surface area contributed by atoms with Crippen LogP contribution in [0.25, 0.3) is 0 Å². The molecule has 0 aromatic carbocycles. The second-order valence-corrected chi connectivity index (χ2v) is 8.28. The molecule has 0 radical (unpaired) electrons. The molecular weight excluding hydrogens is 350 g/mol. The van der Waals surface area contributed by atoms with Crippen LogP contribution in [0.5, 0.6) is 0 Å². The number of hydrogen-bond donors (Lipinski definition) is 2. The number of hydrogen-bond acceptors (Lipinski definition) is 5. The number of thiophene rings is 1. The van der Waals surface area contributed by atoms with E-state index in [4.69, 9.17) is 4.74 Å². The quantitative estimate of drug-likeness (QED) is 0.774. The van der Waals surface area contributed by atoms with Crippen LogP contribution in [0.1, 0.15) is 38.1 Å². The number of likely N-dealkylation sites (tertiary alicyclic amines) is 1. The van der Waals surface area contributed by atoms with Crippen molar-refractivity contribution in [3.05, 3.63) is 33.7 Å². The fourth-order valence-electron chi connectivity index (χ4n) is 4.01. The van der Waals surface area contributed by atoms with Crippen LogP contribution in [0.15, 0.2) is 28.8 Å². The van der Waals surface area contributed by atoms with E-state index in [9.17, 15) is 9.59 Å². The molecule has 0 saturated carbocycles. The van der Waals surface area contributed by atoms with Gasteiger partial charge in [0.1, 0.15) is 0 Å². The first kappa shape index (κ1) is 18.9. The molecule has 1 saturated heterocycles. The summed E-state index contributed by atoms with van der Waals surface area (Å²) in [5, 5.41) is 7.69. The molecule has 2 aliphatic rings. The molecule has 6 nitrogen and oxygen atoms in total. The molecule has 142 valence electrons. The standard InChI is InChI=1S/C19H27N3O3S/c1-4-25-18(23)16-14(11-22-9-12(2)8-13(3)10-22)20-19(24)21-17(16)15-6-5-7-26-15/h5-7,12-13,17H,4,8-11H2,1-3H3,(H2,20,21,24)/t12-,13-,17-/m1/s1. The number of rotatable bonds is 5. The number of piperidine rings is 1. The molecule has 26 heavy (non-hydrogen) atoms. The number of urea groups is 1. The van der Waals surface area contributed by atoms with Crippen molar-refractivity contribution in [2.45, 2.75) is 33.2 Å². The number of carbonyl (C=O) groups excluding carboxylic acids is 2. The normalized spacial score (nSPS) is 27.0. The number of nitrogens with one attached hydrogen (secondary N) is 2. The van der Waals surface area contributed by atoms with Crippen LogP contribution in [0.2, 0.25) is 0 Å². The molecule has 1 fully saturated rings. The molecule has 2 aliphatic heterocycles. The molecule has 7 heteroatoms. The van der Waals surface area contributed by atoms with Crippen molar-refractivity contribution in [1.82, 2.24) is 15.5 Å². The van der Waals surface area contributed by atoms with Gasteiger partial charge in [0.25, 0.3) is 0 Å². The van der Waals surface area contributed by atoms with Gasteiger partial charge in [-0.3, -0.25) is 4.90 Å². The molecule has 1 aromatic rings. The van der Waals surface area contributed by atoms with Crippen molar-refractivity contribution in [2.24, 2.45) is 11.8 Å². The van der Waals surface area contributed by atoms with Gasteiger partial charge in [0.15, 0.2) is 0 Å². The summed E-state index contributed by atoms with van der Waals surface area (Å²) in [4.78, 5) is 28.2. The zero-order valence-electron chi connectivity index (χ0n) is 15.6. The van der Waals surface area contributed by atoms with Crippen LogP contribution in [-0.4, -0.2) is 43.1 Å². The van der Waals surface area contributed by atoms with Crippen LogP contribution in [0.3, 0.4) is 0 Å². The highest BCUT2D eigenvalue weighted by atomic mass is 32.1. The third-order valence-corrected chi connectivity index (χ3v) is 5.74. The van der Waals surface area contributed by atoms with E-state index >= 15 is 0 Å². The Morgan fingerprint density at radius 3 is 2.69 bits per heavy atom. The second kappa shape index (κ2) is 8.22. The molecule has 0 bridgehead atoms. The van der Waals surface area contributed by atoms with Crippen molar-refractivity contribution in [3.63, 3.8) is 0 Å².